The van der Waals surface area contributed by atoms with Crippen LogP contribution in [-0.4, -0.2) is 35.2 Å². The summed E-state index contributed by atoms with van der Waals surface area (Å²) in [4.78, 5) is 23.5. The van der Waals surface area contributed by atoms with Gasteiger partial charge in [-0.05, 0) is 30.8 Å². The summed E-state index contributed by atoms with van der Waals surface area (Å²) in [6, 6.07) is 9.18. The molecule has 7 heteroatoms. The number of anilines is 1. The summed E-state index contributed by atoms with van der Waals surface area (Å²) in [6.45, 7) is 1.25. The van der Waals surface area contributed by atoms with E-state index in [1.807, 2.05) is 31.3 Å². The number of benzene rings is 1. The fraction of sp³-hybridized carbons (Fsp3) is 0.312. The third-order valence-corrected chi connectivity index (χ3v) is 3.17. The molecule has 0 aliphatic heterocycles. The number of hydrogen-bond acceptors (Lipinski definition) is 4. The van der Waals surface area contributed by atoms with E-state index in [9.17, 15) is 9.59 Å². The van der Waals surface area contributed by atoms with Crippen LogP contribution in [0, 0.1) is 0 Å². The Morgan fingerprint density at radius 2 is 2.09 bits per heavy atom. The summed E-state index contributed by atoms with van der Waals surface area (Å²) in [5, 5.41) is 12.6. The maximum absolute atomic E-state index is 11.9. The molecule has 1 aromatic carbocycles. The van der Waals surface area contributed by atoms with E-state index >= 15 is 0 Å². The zero-order chi connectivity index (χ0) is 16.5. The Kier molecular flexibility index (Phi) is 6.31. The lowest BCUT2D eigenvalue weighted by Crippen LogP contribution is -2.26. The van der Waals surface area contributed by atoms with Crippen LogP contribution in [0.2, 0.25) is 0 Å². The molecule has 0 aliphatic carbocycles. The zero-order valence-electron chi connectivity index (χ0n) is 13.1. The Hall–Kier alpha value is -2.67. The average molecular weight is 315 g/mol. The topological polar surface area (TPSA) is 88.0 Å². The van der Waals surface area contributed by atoms with E-state index < -0.39 is 0 Å². The van der Waals surface area contributed by atoms with Crippen LogP contribution in [0.4, 0.5) is 5.69 Å². The van der Waals surface area contributed by atoms with Crippen LogP contribution in [0.15, 0.2) is 42.7 Å². The molecule has 7 nitrogen and oxygen atoms in total. The van der Waals surface area contributed by atoms with Crippen LogP contribution < -0.4 is 16.0 Å². The molecule has 2 amide bonds. The van der Waals surface area contributed by atoms with Gasteiger partial charge in [-0.2, -0.15) is 5.10 Å². The van der Waals surface area contributed by atoms with Gasteiger partial charge in [0, 0.05) is 37.6 Å². The number of carbonyl (C=O) groups is 2. The van der Waals surface area contributed by atoms with Gasteiger partial charge in [-0.1, -0.05) is 12.1 Å². The number of aromatic nitrogens is 2. The molecule has 0 fully saturated rings. The van der Waals surface area contributed by atoms with Gasteiger partial charge in [-0.3, -0.25) is 14.3 Å². The normalized spacial score (nSPS) is 10.3. The van der Waals surface area contributed by atoms with Crippen molar-refractivity contribution < 1.29 is 9.59 Å². The third kappa shape index (κ3) is 5.91. The molecule has 1 heterocycles. The van der Waals surface area contributed by atoms with Crippen molar-refractivity contribution >= 4 is 17.5 Å². The van der Waals surface area contributed by atoms with Gasteiger partial charge in [-0.15, -0.1) is 0 Å². The molecule has 0 bridgehead atoms. The van der Waals surface area contributed by atoms with Gasteiger partial charge in [0.1, 0.15) is 6.54 Å². The van der Waals surface area contributed by atoms with E-state index in [-0.39, 0.29) is 18.4 Å². The van der Waals surface area contributed by atoms with Crippen LogP contribution >= 0.6 is 0 Å². The van der Waals surface area contributed by atoms with Gasteiger partial charge < -0.3 is 16.0 Å². The van der Waals surface area contributed by atoms with Gasteiger partial charge in [0.25, 0.3) is 0 Å². The second-order valence-electron chi connectivity index (χ2n) is 5.08. The van der Waals surface area contributed by atoms with Crippen LogP contribution in [0.3, 0.4) is 0 Å². The average Bonchev–Trinajstić information content (AvgIpc) is 3.04. The standard InChI is InChI=1S/C16H21N5O2/c1-17-8-6-15(22)18-11-13-4-2-5-14(10-13)20-16(23)12-21-9-3-7-19-21/h2-5,7,9-10,17H,6,8,11-12H2,1H3,(H,18,22)(H,20,23). The van der Waals surface area contributed by atoms with E-state index in [0.717, 1.165) is 5.56 Å². The molecule has 0 saturated heterocycles. The molecule has 2 rings (SSSR count). The SMILES string of the molecule is CNCCC(=O)NCc1cccc(NC(=O)Cn2cccn2)c1. The van der Waals surface area contributed by atoms with Crippen molar-refractivity contribution in [1.29, 1.82) is 0 Å². The molecule has 2 aromatic rings. The lowest BCUT2D eigenvalue weighted by molar-refractivity contribution is -0.121. The summed E-state index contributed by atoms with van der Waals surface area (Å²) in [5.41, 5.74) is 1.63. The highest BCUT2D eigenvalue weighted by Crippen LogP contribution is 2.10. The Labute approximate surface area is 135 Å². The highest BCUT2D eigenvalue weighted by Gasteiger charge is 2.05. The maximum atomic E-state index is 11.9. The van der Waals surface area contributed by atoms with Crippen molar-refractivity contribution in [3.63, 3.8) is 0 Å². The van der Waals surface area contributed by atoms with Gasteiger partial charge in [-0.25, -0.2) is 0 Å². The van der Waals surface area contributed by atoms with Crippen LogP contribution in [0.25, 0.3) is 0 Å². The second-order valence-corrected chi connectivity index (χ2v) is 5.08. The molecule has 0 spiro atoms. The Morgan fingerprint density at radius 3 is 2.83 bits per heavy atom. The second kappa shape index (κ2) is 8.70. The molecule has 0 radical (unpaired) electrons. The minimum absolute atomic E-state index is 0.00697. The number of rotatable bonds is 8. The van der Waals surface area contributed by atoms with Crippen LogP contribution in [0.5, 0.6) is 0 Å². The van der Waals surface area contributed by atoms with Crippen molar-refractivity contribution in [2.45, 2.75) is 19.5 Å². The van der Waals surface area contributed by atoms with Gasteiger partial charge >= 0.3 is 0 Å². The van der Waals surface area contributed by atoms with Crippen molar-refractivity contribution in [2.24, 2.45) is 0 Å². The number of nitrogens with one attached hydrogen (secondary N) is 3. The third-order valence-electron chi connectivity index (χ3n) is 3.17. The van der Waals surface area contributed by atoms with Crippen molar-refractivity contribution in [3.8, 4) is 0 Å². The fourth-order valence-electron chi connectivity index (χ4n) is 2.03. The van der Waals surface area contributed by atoms with Crippen molar-refractivity contribution in [1.82, 2.24) is 20.4 Å². The molecular weight excluding hydrogens is 294 g/mol. The molecule has 3 N–H and O–H groups in total. The number of hydrogen-bond donors (Lipinski definition) is 3. The molecule has 1 aromatic heterocycles. The highest BCUT2D eigenvalue weighted by molar-refractivity contribution is 5.90. The first-order chi connectivity index (χ1) is 11.2. The minimum Gasteiger partial charge on any atom is -0.352 e. The molecule has 0 saturated carbocycles. The predicted molar refractivity (Wildman–Crippen MR) is 87.7 cm³/mol. The predicted octanol–water partition coefficient (Wildman–Crippen LogP) is 0.748. The summed E-state index contributed by atoms with van der Waals surface area (Å²) < 4.78 is 1.56. The van der Waals surface area contributed by atoms with Gasteiger partial charge in [0.15, 0.2) is 0 Å². The molecular formula is C16H21N5O2. The molecule has 0 aliphatic rings. The summed E-state index contributed by atoms with van der Waals surface area (Å²) >= 11 is 0. The lowest BCUT2D eigenvalue weighted by Gasteiger charge is -2.09. The summed E-state index contributed by atoms with van der Waals surface area (Å²) in [5.74, 6) is -0.156. The fourth-order valence-corrected chi connectivity index (χ4v) is 2.03. The van der Waals surface area contributed by atoms with E-state index in [2.05, 4.69) is 21.0 Å². The smallest absolute Gasteiger partial charge is 0.246 e. The Balaban J connectivity index is 1.84. The van der Waals surface area contributed by atoms with Crippen molar-refractivity contribution in [2.75, 3.05) is 18.9 Å². The first kappa shape index (κ1) is 16.7. The van der Waals surface area contributed by atoms with Crippen LogP contribution in [-0.2, 0) is 22.7 Å². The summed E-state index contributed by atoms with van der Waals surface area (Å²) in [7, 11) is 1.81. The zero-order valence-corrected chi connectivity index (χ0v) is 13.1. The Bertz CT molecular complexity index is 640. The molecule has 23 heavy (non-hydrogen) atoms. The monoisotopic (exact) mass is 315 g/mol. The molecule has 0 atom stereocenters. The van der Waals surface area contributed by atoms with E-state index in [0.29, 0.717) is 25.2 Å². The lowest BCUT2D eigenvalue weighted by atomic mass is 10.2. The highest BCUT2D eigenvalue weighted by atomic mass is 16.2. The van der Waals surface area contributed by atoms with Crippen molar-refractivity contribution in [3.05, 3.63) is 48.3 Å². The van der Waals surface area contributed by atoms with E-state index in [1.54, 1.807) is 23.1 Å². The van der Waals surface area contributed by atoms with Gasteiger partial charge in [0.2, 0.25) is 11.8 Å². The molecule has 122 valence electrons. The number of carbonyl (C=O) groups excluding carboxylic acids is 2. The van der Waals surface area contributed by atoms with Crippen LogP contribution in [0.1, 0.15) is 12.0 Å². The Morgan fingerprint density at radius 1 is 1.22 bits per heavy atom. The minimum atomic E-state index is -0.149. The van der Waals surface area contributed by atoms with E-state index in [1.165, 1.54) is 0 Å². The van der Waals surface area contributed by atoms with E-state index in [4.69, 9.17) is 0 Å². The number of nitrogens with zero attached hydrogens (tertiary/aromatic N) is 2. The van der Waals surface area contributed by atoms with Gasteiger partial charge in [0.05, 0.1) is 0 Å². The summed E-state index contributed by atoms with van der Waals surface area (Å²) in [6.07, 6.45) is 3.80. The maximum Gasteiger partial charge on any atom is 0.246 e. The number of amides is 2. The first-order valence-corrected chi connectivity index (χ1v) is 7.45. The first-order valence-electron chi connectivity index (χ1n) is 7.45. The molecule has 0 unspecified atom stereocenters. The largest absolute Gasteiger partial charge is 0.352 e. The quantitative estimate of drug-likeness (QED) is 0.671.